The third-order valence-corrected chi connectivity index (χ3v) is 3.92. The van der Waals surface area contributed by atoms with Crippen molar-refractivity contribution in [3.8, 4) is 0 Å². The van der Waals surface area contributed by atoms with Gasteiger partial charge in [-0.2, -0.15) is 0 Å². The normalized spacial score (nSPS) is 12.9. The van der Waals surface area contributed by atoms with Crippen LogP contribution in [0.2, 0.25) is 5.02 Å². The van der Waals surface area contributed by atoms with Crippen LogP contribution >= 0.6 is 11.6 Å². The summed E-state index contributed by atoms with van der Waals surface area (Å²) in [7, 11) is 0. The van der Waals surface area contributed by atoms with Gasteiger partial charge in [-0.15, -0.1) is 0 Å². The van der Waals surface area contributed by atoms with E-state index >= 15 is 0 Å². The molecule has 27 heavy (non-hydrogen) atoms. The van der Waals surface area contributed by atoms with E-state index in [2.05, 4.69) is 5.32 Å². The first-order valence-electron chi connectivity index (χ1n) is 7.83. The number of halogens is 1. The summed E-state index contributed by atoms with van der Waals surface area (Å²) in [6, 6.07) is 11.2. The lowest BCUT2D eigenvalue weighted by Gasteiger charge is -2.20. The zero-order chi connectivity index (χ0) is 20.0. The first kappa shape index (κ1) is 20.4. The van der Waals surface area contributed by atoms with Crippen molar-refractivity contribution < 1.29 is 24.7 Å². The highest BCUT2D eigenvalue weighted by Crippen LogP contribution is 2.34. The number of aliphatic hydroxyl groups is 2. The van der Waals surface area contributed by atoms with Crippen LogP contribution in [-0.4, -0.2) is 33.9 Å². The second-order valence-electron chi connectivity index (χ2n) is 5.64. The van der Waals surface area contributed by atoms with Gasteiger partial charge >= 0.3 is 6.09 Å². The van der Waals surface area contributed by atoms with Gasteiger partial charge in [0.15, 0.2) is 0 Å². The molecule has 1 amide bonds. The average molecular weight is 396 g/mol. The number of benzene rings is 2. The molecule has 0 saturated carbocycles. The summed E-state index contributed by atoms with van der Waals surface area (Å²) in [5.74, 6) is 0. The van der Waals surface area contributed by atoms with Crippen LogP contribution in [0.5, 0.6) is 0 Å². The number of carbonyl (C=O) groups excluding carboxylic acids is 1. The van der Waals surface area contributed by atoms with E-state index in [0.29, 0.717) is 0 Å². The Labute approximate surface area is 159 Å². The number of aliphatic hydroxyl groups excluding tert-OH is 2. The molecule has 0 aliphatic heterocycles. The van der Waals surface area contributed by atoms with Gasteiger partial charge in [-0.05, 0) is 11.6 Å². The van der Waals surface area contributed by atoms with Crippen molar-refractivity contribution in [3.63, 3.8) is 0 Å². The van der Waals surface area contributed by atoms with Crippen molar-refractivity contribution in [1.82, 2.24) is 5.32 Å². The lowest BCUT2D eigenvalue weighted by molar-refractivity contribution is -0.384. The number of nitrogens with zero attached hydrogens (tertiary/aromatic N) is 1. The van der Waals surface area contributed by atoms with E-state index in [0.717, 1.165) is 11.6 Å². The molecule has 0 saturated heterocycles. The maximum Gasteiger partial charge on any atom is 0.407 e. The SMILES string of the molecule is Nc1c(C(O)C(O)CNC(=O)OCc2ccccc2)cc(Cl)cc1[N+](=O)[O-]. The number of rotatable bonds is 7. The molecule has 10 heteroatoms. The van der Waals surface area contributed by atoms with E-state index in [-0.39, 0.29) is 29.4 Å². The third-order valence-electron chi connectivity index (χ3n) is 3.70. The minimum atomic E-state index is -1.60. The van der Waals surface area contributed by atoms with Gasteiger partial charge in [0, 0.05) is 23.2 Å². The molecule has 2 unspecified atom stereocenters. The molecule has 2 aromatic carbocycles. The Hall–Kier alpha value is -2.88. The number of carbonyl (C=O) groups is 1. The Morgan fingerprint density at radius 2 is 1.96 bits per heavy atom. The predicted octanol–water partition coefficient (Wildman–Crippen LogP) is 2.15. The van der Waals surface area contributed by atoms with Gasteiger partial charge in [0.1, 0.15) is 24.5 Å². The fourth-order valence-electron chi connectivity index (χ4n) is 2.30. The van der Waals surface area contributed by atoms with Gasteiger partial charge in [0.05, 0.1) is 4.92 Å². The van der Waals surface area contributed by atoms with E-state index in [9.17, 15) is 25.1 Å². The topological polar surface area (TPSA) is 148 Å². The van der Waals surface area contributed by atoms with Gasteiger partial charge in [0.2, 0.25) is 0 Å². The van der Waals surface area contributed by atoms with Crippen LogP contribution < -0.4 is 11.1 Å². The van der Waals surface area contributed by atoms with Crippen molar-refractivity contribution >= 4 is 29.1 Å². The molecule has 2 atom stereocenters. The Bertz CT molecular complexity index is 818. The van der Waals surface area contributed by atoms with Crippen LogP contribution in [-0.2, 0) is 11.3 Å². The Balaban J connectivity index is 1.94. The smallest absolute Gasteiger partial charge is 0.407 e. The molecule has 0 heterocycles. The Morgan fingerprint density at radius 1 is 1.30 bits per heavy atom. The number of hydrogen-bond acceptors (Lipinski definition) is 7. The van der Waals surface area contributed by atoms with E-state index in [4.69, 9.17) is 22.1 Å². The van der Waals surface area contributed by atoms with Crippen molar-refractivity contribution in [2.45, 2.75) is 18.8 Å². The standard InChI is InChI=1S/C17H18ClN3O6/c18-11-6-12(15(19)13(7-11)21(25)26)16(23)14(22)8-20-17(24)27-9-10-4-2-1-3-5-10/h1-7,14,16,22-23H,8-9,19H2,(H,20,24). The molecule has 0 aromatic heterocycles. The largest absolute Gasteiger partial charge is 0.445 e. The van der Waals surface area contributed by atoms with E-state index < -0.39 is 28.9 Å². The van der Waals surface area contributed by atoms with Crippen molar-refractivity contribution in [2.75, 3.05) is 12.3 Å². The highest BCUT2D eigenvalue weighted by atomic mass is 35.5. The zero-order valence-electron chi connectivity index (χ0n) is 14.0. The first-order valence-corrected chi connectivity index (χ1v) is 8.21. The summed E-state index contributed by atoms with van der Waals surface area (Å²) in [6.45, 7) is -0.326. The van der Waals surface area contributed by atoms with Crippen LogP contribution in [0.1, 0.15) is 17.2 Å². The number of nitrogen functional groups attached to an aromatic ring is 1. The molecule has 0 spiro atoms. The minimum absolute atomic E-state index is 0.0209. The van der Waals surface area contributed by atoms with Crippen molar-refractivity contribution in [1.29, 1.82) is 0 Å². The van der Waals surface area contributed by atoms with Crippen LogP contribution in [0.25, 0.3) is 0 Å². The summed E-state index contributed by atoms with van der Waals surface area (Å²) in [5.41, 5.74) is 5.55. The number of ether oxygens (including phenoxy) is 1. The molecule has 0 aliphatic rings. The number of nitro groups is 1. The summed E-state index contributed by atoms with van der Waals surface area (Å²) < 4.78 is 4.98. The molecule has 5 N–H and O–H groups in total. The van der Waals surface area contributed by atoms with Crippen LogP contribution in [0, 0.1) is 10.1 Å². The van der Waals surface area contributed by atoms with E-state index in [1.54, 1.807) is 24.3 Å². The molecular weight excluding hydrogens is 378 g/mol. The lowest BCUT2D eigenvalue weighted by atomic mass is 10.0. The van der Waals surface area contributed by atoms with Gasteiger partial charge in [-0.1, -0.05) is 41.9 Å². The van der Waals surface area contributed by atoms with Gasteiger partial charge < -0.3 is 26.0 Å². The maximum absolute atomic E-state index is 11.7. The van der Waals surface area contributed by atoms with E-state index in [1.165, 1.54) is 6.07 Å². The van der Waals surface area contributed by atoms with Crippen LogP contribution in [0.3, 0.4) is 0 Å². The molecule has 9 nitrogen and oxygen atoms in total. The first-order chi connectivity index (χ1) is 12.8. The quantitative estimate of drug-likeness (QED) is 0.319. The third kappa shape index (κ3) is 5.55. The summed E-state index contributed by atoms with van der Waals surface area (Å²) in [5, 5.41) is 33.5. The zero-order valence-corrected chi connectivity index (χ0v) is 14.8. The molecule has 144 valence electrons. The fourth-order valence-corrected chi connectivity index (χ4v) is 2.52. The van der Waals surface area contributed by atoms with E-state index in [1.807, 2.05) is 6.07 Å². The summed E-state index contributed by atoms with van der Waals surface area (Å²) in [6.07, 6.45) is -3.89. The lowest BCUT2D eigenvalue weighted by Crippen LogP contribution is -2.36. The maximum atomic E-state index is 11.7. The monoisotopic (exact) mass is 395 g/mol. The second kappa shape index (κ2) is 9.17. The van der Waals surface area contributed by atoms with Gasteiger partial charge in [-0.25, -0.2) is 4.79 Å². The van der Waals surface area contributed by atoms with Crippen LogP contribution in [0.4, 0.5) is 16.2 Å². The molecule has 0 radical (unpaired) electrons. The molecular formula is C17H18ClN3O6. The molecule has 0 fully saturated rings. The Kier molecular flexibility index (Phi) is 6.94. The molecule has 2 rings (SSSR count). The predicted molar refractivity (Wildman–Crippen MR) is 98.1 cm³/mol. The Morgan fingerprint density at radius 3 is 2.59 bits per heavy atom. The highest BCUT2D eigenvalue weighted by molar-refractivity contribution is 6.31. The highest BCUT2D eigenvalue weighted by Gasteiger charge is 2.26. The second-order valence-corrected chi connectivity index (χ2v) is 6.08. The molecule has 0 bridgehead atoms. The average Bonchev–Trinajstić information content (AvgIpc) is 2.66. The number of amides is 1. The van der Waals surface area contributed by atoms with Crippen molar-refractivity contribution in [2.24, 2.45) is 0 Å². The number of nitrogens with two attached hydrogens (primary N) is 1. The van der Waals surface area contributed by atoms with Gasteiger partial charge in [0.25, 0.3) is 5.69 Å². The number of alkyl carbamates (subject to hydrolysis) is 1. The molecule has 0 aliphatic carbocycles. The number of hydrogen-bond donors (Lipinski definition) is 4. The summed E-state index contributed by atoms with van der Waals surface area (Å²) in [4.78, 5) is 21.9. The summed E-state index contributed by atoms with van der Waals surface area (Å²) >= 11 is 5.80. The van der Waals surface area contributed by atoms with Gasteiger partial charge in [-0.3, -0.25) is 10.1 Å². The number of nitro benzene ring substituents is 1. The minimum Gasteiger partial charge on any atom is -0.445 e. The number of nitrogens with one attached hydrogen (secondary N) is 1. The van der Waals surface area contributed by atoms with Crippen LogP contribution in [0.15, 0.2) is 42.5 Å². The van der Waals surface area contributed by atoms with Crippen molar-refractivity contribution in [3.05, 3.63) is 68.7 Å². The molecule has 2 aromatic rings. The number of anilines is 1. The fraction of sp³-hybridized carbons (Fsp3) is 0.235.